The first-order valence-corrected chi connectivity index (χ1v) is 10.9. The Bertz CT molecular complexity index is 729. The molecule has 28 heavy (non-hydrogen) atoms. The lowest BCUT2D eigenvalue weighted by Gasteiger charge is -2.32. The van der Waals surface area contributed by atoms with Crippen LogP contribution in [0.25, 0.3) is 0 Å². The number of likely N-dealkylation sites (tertiary alicyclic amines) is 1. The van der Waals surface area contributed by atoms with E-state index < -0.39 is 0 Å². The van der Waals surface area contributed by atoms with Crippen molar-refractivity contribution in [3.05, 3.63) is 40.3 Å². The molecule has 0 aliphatic carbocycles. The Hall–Kier alpha value is -1.41. The molecule has 2 atom stereocenters. The number of hydrogen-bond acceptors (Lipinski definition) is 5. The molecule has 8 heteroatoms. The summed E-state index contributed by atoms with van der Waals surface area (Å²) in [5.41, 5.74) is 0.534. The van der Waals surface area contributed by atoms with Crippen molar-refractivity contribution in [1.82, 2.24) is 25.3 Å². The summed E-state index contributed by atoms with van der Waals surface area (Å²) in [4.78, 5) is 16.4. The molecule has 0 saturated carbocycles. The second-order valence-electron chi connectivity index (χ2n) is 7.71. The zero-order chi connectivity index (χ0) is 18.5. The first kappa shape index (κ1) is 21.3. The van der Waals surface area contributed by atoms with Crippen molar-refractivity contribution in [1.29, 1.82) is 0 Å². The second kappa shape index (κ2) is 10.4. The molecule has 2 N–H and O–H groups in total. The van der Waals surface area contributed by atoms with Gasteiger partial charge in [-0.25, -0.2) is 0 Å². The highest BCUT2D eigenvalue weighted by Gasteiger charge is 2.22. The molecule has 2 unspecified atom stereocenters. The maximum absolute atomic E-state index is 12.5. The summed E-state index contributed by atoms with van der Waals surface area (Å²) in [7, 11) is 0. The Kier molecular flexibility index (Phi) is 7.91. The lowest BCUT2D eigenvalue weighted by atomic mass is 9.98. The summed E-state index contributed by atoms with van der Waals surface area (Å²) >= 11 is 1.82. The van der Waals surface area contributed by atoms with Crippen LogP contribution >= 0.6 is 23.7 Å². The molecule has 4 heterocycles. The van der Waals surface area contributed by atoms with E-state index >= 15 is 0 Å². The Balaban J connectivity index is 0.00000225. The van der Waals surface area contributed by atoms with Crippen molar-refractivity contribution in [3.8, 4) is 0 Å². The average molecular weight is 424 g/mol. The van der Waals surface area contributed by atoms with Gasteiger partial charge in [0, 0.05) is 37.3 Å². The summed E-state index contributed by atoms with van der Waals surface area (Å²) < 4.78 is 1.95. The normalized spacial score (nSPS) is 23.1. The summed E-state index contributed by atoms with van der Waals surface area (Å²) in [5.74, 6) is 0.472. The van der Waals surface area contributed by atoms with E-state index in [1.54, 1.807) is 0 Å². The number of hydrogen-bond donors (Lipinski definition) is 2. The van der Waals surface area contributed by atoms with E-state index in [4.69, 9.17) is 0 Å². The monoisotopic (exact) mass is 423 g/mol. The summed E-state index contributed by atoms with van der Waals surface area (Å²) in [6.07, 6.45) is 6.61. The highest BCUT2D eigenvalue weighted by atomic mass is 35.5. The van der Waals surface area contributed by atoms with Gasteiger partial charge >= 0.3 is 0 Å². The van der Waals surface area contributed by atoms with Gasteiger partial charge in [-0.2, -0.15) is 5.10 Å². The number of rotatable bonds is 6. The maximum atomic E-state index is 12.5. The zero-order valence-electron chi connectivity index (χ0n) is 16.2. The number of thiophene rings is 1. The minimum absolute atomic E-state index is 0. The van der Waals surface area contributed by atoms with E-state index in [1.807, 2.05) is 28.3 Å². The third-order valence-corrected chi connectivity index (χ3v) is 6.46. The number of piperidine rings is 2. The summed E-state index contributed by atoms with van der Waals surface area (Å²) in [6.45, 7) is 5.99. The van der Waals surface area contributed by atoms with E-state index in [0.717, 1.165) is 52.1 Å². The average Bonchev–Trinajstić information content (AvgIpc) is 3.39. The van der Waals surface area contributed by atoms with Crippen LogP contribution in [0.15, 0.2) is 29.8 Å². The fraction of sp³-hybridized carbons (Fsp3) is 0.600. The minimum Gasteiger partial charge on any atom is -0.350 e. The molecule has 0 bridgehead atoms. The van der Waals surface area contributed by atoms with Gasteiger partial charge in [0.05, 0.1) is 6.04 Å². The molecular formula is C20H30ClN5OS. The van der Waals surface area contributed by atoms with Gasteiger partial charge in [0.15, 0.2) is 0 Å². The van der Waals surface area contributed by atoms with Crippen molar-refractivity contribution in [2.45, 2.75) is 38.3 Å². The van der Waals surface area contributed by atoms with Crippen LogP contribution in [0.1, 0.15) is 47.1 Å². The van der Waals surface area contributed by atoms with Crippen LogP contribution in [0.3, 0.4) is 0 Å². The molecule has 0 spiro atoms. The molecule has 2 aromatic rings. The Morgan fingerprint density at radius 3 is 3.04 bits per heavy atom. The van der Waals surface area contributed by atoms with Crippen LogP contribution in [-0.2, 0) is 6.54 Å². The van der Waals surface area contributed by atoms with Crippen molar-refractivity contribution < 1.29 is 4.79 Å². The second-order valence-corrected chi connectivity index (χ2v) is 8.75. The Morgan fingerprint density at radius 2 is 2.25 bits per heavy atom. The van der Waals surface area contributed by atoms with Crippen LogP contribution < -0.4 is 10.6 Å². The van der Waals surface area contributed by atoms with Crippen LogP contribution in [0.4, 0.5) is 0 Å². The number of nitrogens with zero attached hydrogens (tertiary/aromatic N) is 3. The standard InChI is InChI=1S/C20H29N5OS.ClH/c26-20(19-7-10-25(23-19)17-5-1-8-21-13-17)22-12-16-4-2-9-24(14-16)15-18-6-3-11-27-18;/h3,6-7,10-11,16-17,21H,1-2,4-5,8-9,12-15H2,(H,22,26);1H. The molecule has 6 nitrogen and oxygen atoms in total. The molecule has 4 rings (SSSR count). The molecule has 0 radical (unpaired) electrons. The third-order valence-electron chi connectivity index (χ3n) is 5.60. The fourth-order valence-corrected chi connectivity index (χ4v) is 4.88. The van der Waals surface area contributed by atoms with E-state index in [-0.39, 0.29) is 18.3 Å². The Morgan fingerprint density at radius 1 is 1.32 bits per heavy atom. The predicted octanol–water partition coefficient (Wildman–Crippen LogP) is 2.93. The molecule has 0 aromatic carbocycles. The van der Waals surface area contributed by atoms with Crippen LogP contribution in [0, 0.1) is 5.92 Å². The van der Waals surface area contributed by atoms with Gasteiger partial charge in [0.1, 0.15) is 5.69 Å². The van der Waals surface area contributed by atoms with Gasteiger partial charge in [-0.1, -0.05) is 6.07 Å². The molecule has 1 amide bonds. The molecule has 2 aromatic heterocycles. The number of amides is 1. The first-order valence-electron chi connectivity index (χ1n) is 10.1. The Labute approximate surface area is 177 Å². The van der Waals surface area contributed by atoms with Crippen molar-refractivity contribution in [3.63, 3.8) is 0 Å². The quantitative estimate of drug-likeness (QED) is 0.749. The van der Waals surface area contributed by atoms with Gasteiger partial charge in [0.2, 0.25) is 0 Å². The maximum Gasteiger partial charge on any atom is 0.271 e. The summed E-state index contributed by atoms with van der Waals surface area (Å²) in [6, 6.07) is 6.52. The number of aromatic nitrogens is 2. The van der Waals surface area contributed by atoms with Crippen molar-refractivity contribution >= 4 is 29.7 Å². The van der Waals surface area contributed by atoms with E-state index in [9.17, 15) is 4.79 Å². The van der Waals surface area contributed by atoms with Crippen LogP contribution in [-0.4, -0.2) is 53.3 Å². The number of carbonyl (C=O) groups is 1. The van der Waals surface area contributed by atoms with Crippen LogP contribution in [0.5, 0.6) is 0 Å². The predicted molar refractivity (Wildman–Crippen MR) is 115 cm³/mol. The number of nitrogens with one attached hydrogen (secondary N) is 2. The van der Waals surface area contributed by atoms with E-state index in [0.29, 0.717) is 17.7 Å². The zero-order valence-corrected chi connectivity index (χ0v) is 17.8. The van der Waals surface area contributed by atoms with Crippen LogP contribution in [0.2, 0.25) is 0 Å². The highest BCUT2D eigenvalue weighted by molar-refractivity contribution is 7.09. The van der Waals surface area contributed by atoms with Gasteiger partial charge in [0.25, 0.3) is 5.91 Å². The SMILES string of the molecule is Cl.O=C(NCC1CCCN(Cc2cccs2)C1)c1ccn(C2CCCNC2)n1. The fourth-order valence-electron chi connectivity index (χ4n) is 4.13. The number of halogens is 1. The van der Waals surface area contributed by atoms with Gasteiger partial charge < -0.3 is 10.6 Å². The van der Waals surface area contributed by atoms with Crippen molar-refractivity contribution in [2.24, 2.45) is 5.92 Å². The molecular weight excluding hydrogens is 394 g/mol. The lowest BCUT2D eigenvalue weighted by molar-refractivity contribution is 0.0924. The largest absolute Gasteiger partial charge is 0.350 e. The molecule has 2 saturated heterocycles. The summed E-state index contributed by atoms with van der Waals surface area (Å²) in [5, 5.41) is 13.2. The van der Waals surface area contributed by atoms with Gasteiger partial charge in [-0.3, -0.25) is 14.4 Å². The van der Waals surface area contributed by atoms with Gasteiger partial charge in [-0.15, -0.1) is 23.7 Å². The topological polar surface area (TPSA) is 62.2 Å². The molecule has 2 aliphatic heterocycles. The first-order chi connectivity index (χ1) is 13.3. The smallest absolute Gasteiger partial charge is 0.271 e. The third kappa shape index (κ3) is 5.56. The van der Waals surface area contributed by atoms with Gasteiger partial charge in [-0.05, 0) is 62.2 Å². The molecule has 2 fully saturated rings. The number of carbonyl (C=O) groups excluding carboxylic acids is 1. The molecule has 2 aliphatic rings. The lowest BCUT2D eigenvalue weighted by Crippen LogP contribution is -2.40. The van der Waals surface area contributed by atoms with E-state index in [2.05, 4.69) is 38.1 Å². The minimum atomic E-state index is -0.0482. The molecule has 154 valence electrons. The van der Waals surface area contributed by atoms with Crippen molar-refractivity contribution in [2.75, 3.05) is 32.7 Å². The highest BCUT2D eigenvalue weighted by Crippen LogP contribution is 2.20. The van der Waals surface area contributed by atoms with E-state index in [1.165, 1.54) is 17.7 Å².